The highest BCUT2D eigenvalue weighted by Gasteiger charge is 2.15. The summed E-state index contributed by atoms with van der Waals surface area (Å²) in [5.74, 6) is 0. The van der Waals surface area contributed by atoms with Crippen molar-refractivity contribution in [2.75, 3.05) is 5.32 Å². The molecule has 1 nitrogen and oxygen atoms in total. The Bertz CT molecular complexity index is 375. The molecule has 0 saturated carbocycles. The van der Waals surface area contributed by atoms with Crippen molar-refractivity contribution >= 4 is 5.69 Å². The van der Waals surface area contributed by atoms with E-state index in [0.717, 1.165) is 0 Å². The van der Waals surface area contributed by atoms with Crippen LogP contribution < -0.4 is 5.32 Å². The van der Waals surface area contributed by atoms with Gasteiger partial charge in [-0.1, -0.05) is 29.8 Å². The van der Waals surface area contributed by atoms with Crippen molar-refractivity contribution in [3.63, 3.8) is 0 Å². The van der Waals surface area contributed by atoms with Crippen LogP contribution in [0.15, 0.2) is 35.9 Å². The number of aryl methyl sites for hydroxylation is 1. The van der Waals surface area contributed by atoms with Crippen molar-refractivity contribution in [2.24, 2.45) is 0 Å². The zero-order valence-corrected chi connectivity index (χ0v) is 10.3. The maximum atomic E-state index is 3.64. The molecule has 0 fully saturated rings. The van der Waals surface area contributed by atoms with Crippen LogP contribution in [0.1, 0.15) is 38.7 Å². The van der Waals surface area contributed by atoms with Crippen molar-refractivity contribution < 1.29 is 0 Å². The van der Waals surface area contributed by atoms with E-state index in [1.165, 1.54) is 42.5 Å². The molecule has 1 heteroatoms. The van der Waals surface area contributed by atoms with E-state index in [-0.39, 0.29) is 0 Å². The monoisotopic (exact) mass is 215 g/mol. The number of fused-ring (bicyclic) bond motifs is 1. The van der Waals surface area contributed by atoms with Crippen LogP contribution in [-0.4, -0.2) is 6.04 Å². The Morgan fingerprint density at radius 1 is 1.38 bits per heavy atom. The number of hydrogen-bond donors (Lipinski definition) is 1. The minimum atomic E-state index is 0.658. The average molecular weight is 215 g/mol. The highest BCUT2D eigenvalue weighted by molar-refractivity contribution is 5.53. The molecule has 0 bridgehead atoms. The third-order valence-corrected chi connectivity index (χ3v) is 3.21. The number of para-hydroxylation sites is 1. The molecule has 1 aliphatic rings. The number of anilines is 1. The van der Waals surface area contributed by atoms with Crippen molar-refractivity contribution in [2.45, 2.75) is 45.6 Å². The van der Waals surface area contributed by atoms with Crippen LogP contribution in [0.4, 0.5) is 5.69 Å². The lowest BCUT2D eigenvalue weighted by atomic mass is 9.95. The van der Waals surface area contributed by atoms with Crippen molar-refractivity contribution in [1.82, 2.24) is 0 Å². The van der Waals surface area contributed by atoms with Gasteiger partial charge in [0, 0.05) is 11.7 Å². The summed E-state index contributed by atoms with van der Waals surface area (Å²) in [5, 5.41) is 3.64. The van der Waals surface area contributed by atoms with Gasteiger partial charge in [0.1, 0.15) is 0 Å². The molecule has 0 saturated heterocycles. The van der Waals surface area contributed by atoms with E-state index in [1.54, 1.807) is 0 Å². The summed E-state index contributed by atoms with van der Waals surface area (Å²) in [4.78, 5) is 0. The number of nitrogens with one attached hydrogen (secondary N) is 1. The molecule has 0 aromatic heterocycles. The zero-order chi connectivity index (χ0) is 11.4. The van der Waals surface area contributed by atoms with Crippen molar-refractivity contribution in [3.8, 4) is 0 Å². The minimum Gasteiger partial charge on any atom is -0.382 e. The van der Waals surface area contributed by atoms with Gasteiger partial charge in [-0.05, 0) is 51.2 Å². The molecule has 0 aliphatic carbocycles. The Kier molecular flexibility index (Phi) is 3.66. The third-order valence-electron chi connectivity index (χ3n) is 3.21. The molecule has 0 unspecified atom stereocenters. The summed E-state index contributed by atoms with van der Waals surface area (Å²) in [6.07, 6.45) is 7.28. The Morgan fingerprint density at radius 3 is 3.00 bits per heavy atom. The molecule has 1 aromatic carbocycles. The van der Waals surface area contributed by atoms with E-state index in [4.69, 9.17) is 0 Å². The van der Waals surface area contributed by atoms with Crippen molar-refractivity contribution in [3.05, 3.63) is 41.5 Å². The molecule has 1 N–H and O–H groups in total. The highest BCUT2D eigenvalue weighted by atomic mass is 14.9. The molecule has 1 aromatic rings. The van der Waals surface area contributed by atoms with Crippen LogP contribution in [-0.2, 0) is 6.42 Å². The normalized spacial score (nSPS) is 18.5. The zero-order valence-electron chi connectivity index (χ0n) is 10.3. The van der Waals surface area contributed by atoms with Crippen LogP contribution >= 0.6 is 0 Å². The standard InChI is InChI=1S/C15H21N/c1-12(2)6-5-8-14-11-10-13-7-3-4-9-15(13)16-14/h3-4,6-7,9,14,16H,5,8,10-11H2,1-2H3/t14-/m0/s1. The number of rotatable bonds is 3. The molecule has 1 heterocycles. The Hall–Kier alpha value is -1.24. The van der Waals surface area contributed by atoms with Gasteiger partial charge in [-0.3, -0.25) is 0 Å². The fourth-order valence-electron chi connectivity index (χ4n) is 2.29. The molecule has 86 valence electrons. The van der Waals surface area contributed by atoms with E-state index >= 15 is 0 Å². The van der Waals surface area contributed by atoms with Crippen LogP contribution in [0.2, 0.25) is 0 Å². The van der Waals surface area contributed by atoms with Gasteiger partial charge in [-0.15, -0.1) is 0 Å². The van der Waals surface area contributed by atoms with Crippen LogP contribution in [0.25, 0.3) is 0 Å². The van der Waals surface area contributed by atoms with Gasteiger partial charge in [-0.25, -0.2) is 0 Å². The molecule has 16 heavy (non-hydrogen) atoms. The van der Waals surface area contributed by atoms with Gasteiger partial charge >= 0.3 is 0 Å². The topological polar surface area (TPSA) is 12.0 Å². The Balaban J connectivity index is 1.90. The summed E-state index contributed by atoms with van der Waals surface area (Å²) in [5.41, 5.74) is 4.24. The number of allylic oxidation sites excluding steroid dienone is 2. The molecule has 0 radical (unpaired) electrons. The van der Waals surface area contributed by atoms with Gasteiger partial charge in [0.15, 0.2) is 0 Å². The second kappa shape index (κ2) is 5.20. The SMILES string of the molecule is CC(C)=CCC[C@H]1CCc2ccccc2N1. The summed E-state index contributed by atoms with van der Waals surface area (Å²) in [6, 6.07) is 9.33. The van der Waals surface area contributed by atoms with E-state index < -0.39 is 0 Å². The molecule has 1 aliphatic heterocycles. The molecule has 2 rings (SSSR count). The molecular weight excluding hydrogens is 194 g/mol. The first-order chi connectivity index (χ1) is 7.75. The predicted molar refractivity (Wildman–Crippen MR) is 70.8 cm³/mol. The van der Waals surface area contributed by atoms with E-state index in [9.17, 15) is 0 Å². The van der Waals surface area contributed by atoms with Gasteiger partial charge in [0.2, 0.25) is 0 Å². The van der Waals surface area contributed by atoms with Crippen LogP contribution in [0, 0.1) is 0 Å². The molecular formula is C15H21N. The lowest BCUT2D eigenvalue weighted by molar-refractivity contribution is 0.591. The summed E-state index contributed by atoms with van der Waals surface area (Å²) in [7, 11) is 0. The quantitative estimate of drug-likeness (QED) is 0.746. The molecule has 1 atom stereocenters. The summed E-state index contributed by atoms with van der Waals surface area (Å²) < 4.78 is 0. The maximum Gasteiger partial charge on any atom is 0.0374 e. The van der Waals surface area contributed by atoms with Gasteiger partial charge in [-0.2, -0.15) is 0 Å². The number of hydrogen-bond acceptors (Lipinski definition) is 1. The second-order valence-electron chi connectivity index (χ2n) is 4.90. The molecule has 0 amide bonds. The smallest absolute Gasteiger partial charge is 0.0374 e. The lowest BCUT2D eigenvalue weighted by Gasteiger charge is -2.26. The fourth-order valence-corrected chi connectivity index (χ4v) is 2.29. The largest absolute Gasteiger partial charge is 0.382 e. The van der Waals surface area contributed by atoms with Crippen molar-refractivity contribution in [1.29, 1.82) is 0 Å². The van der Waals surface area contributed by atoms with Crippen LogP contribution in [0.3, 0.4) is 0 Å². The van der Waals surface area contributed by atoms with Gasteiger partial charge in [0.25, 0.3) is 0 Å². The fraction of sp³-hybridized carbons (Fsp3) is 0.467. The second-order valence-corrected chi connectivity index (χ2v) is 4.90. The minimum absolute atomic E-state index is 0.658. The average Bonchev–Trinajstić information content (AvgIpc) is 2.28. The summed E-state index contributed by atoms with van der Waals surface area (Å²) >= 11 is 0. The maximum absolute atomic E-state index is 3.64. The predicted octanol–water partition coefficient (Wildman–Crippen LogP) is 4.16. The van der Waals surface area contributed by atoms with E-state index in [1.807, 2.05) is 0 Å². The van der Waals surface area contributed by atoms with Gasteiger partial charge in [0.05, 0.1) is 0 Å². The lowest BCUT2D eigenvalue weighted by Crippen LogP contribution is -2.25. The Morgan fingerprint density at radius 2 is 2.19 bits per heavy atom. The molecule has 0 spiro atoms. The first-order valence-corrected chi connectivity index (χ1v) is 6.23. The number of benzene rings is 1. The first kappa shape index (κ1) is 11.3. The van der Waals surface area contributed by atoms with Gasteiger partial charge < -0.3 is 5.32 Å². The third kappa shape index (κ3) is 2.88. The Labute approximate surface area is 98.6 Å². The summed E-state index contributed by atoms with van der Waals surface area (Å²) in [6.45, 7) is 4.34. The highest BCUT2D eigenvalue weighted by Crippen LogP contribution is 2.26. The van der Waals surface area contributed by atoms with E-state index in [2.05, 4.69) is 49.5 Å². The van der Waals surface area contributed by atoms with E-state index in [0.29, 0.717) is 6.04 Å². The first-order valence-electron chi connectivity index (χ1n) is 6.23. The van der Waals surface area contributed by atoms with Crippen LogP contribution in [0.5, 0.6) is 0 Å².